The lowest BCUT2D eigenvalue weighted by Crippen LogP contribution is -3.00. The van der Waals surface area contributed by atoms with Gasteiger partial charge in [-0.05, 0) is 34.6 Å². The summed E-state index contributed by atoms with van der Waals surface area (Å²) in [6.45, 7) is 16.2. The van der Waals surface area contributed by atoms with Crippen molar-refractivity contribution in [2.45, 2.75) is 34.6 Å². The molecule has 3 nitrogen and oxygen atoms in total. The van der Waals surface area contributed by atoms with E-state index in [0.29, 0.717) is 0 Å². The summed E-state index contributed by atoms with van der Waals surface area (Å²) in [6, 6.07) is 0. The van der Waals surface area contributed by atoms with Crippen LogP contribution in [0.2, 0.25) is 0 Å². The number of hydrogen-bond acceptors (Lipinski definition) is 0. The predicted molar refractivity (Wildman–Crippen MR) is 62.9 cm³/mol. The maximum absolute atomic E-state index is 3.46. The van der Waals surface area contributed by atoms with Crippen molar-refractivity contribution in [3.05, 3.63) is 0 Å². The van der Waals surface area contributed by atoms with Gasteiger partial charge in [-0.1, -0.05) is 0 Å². The molecule has 0 fully saturated rings. The van der Waals surface area contributed by atoms with Gasteiger partial charge in [0.05, 0.1) is 32.7 Å². The molecule has 0 bridgehead atoms. The molecule has 92 valence electrons. The van der Waals surface area contributed by atoms with Crippen molar-refractivity contribution in [3.63, 3.8) is 0 Å². The molecule has 0 aromatic rings. The Morgan fingerprint density at radius 1 is 1.00 bits per heavy atom. The maximum Gasteiger partial charge on any atom is 0.348 e. The van der Waals surface area contributed by atoms with Gasteiger partial charge in [-0.3, -0.25) is 14.8 Å². The van der Waals surface area contributed by atoms with Crippen LogP contribution in [-0.4, -0.2) is 48.2 Å². The van der Waals surface area contributed by atoms with Crippen LogP contribution in [0.1, 0.15) is 34.6 Å². The van der Waals surface area contributed by atoms with E-state index >= 15 is 0 Å². The first kappa shape index (κ1) is 17.0. The zero-order valence-corrected chi connectivity index (χ0v) is 11.6. The highest BCUT2D eigenvalue weighted by atomic mass is 35.5. The molecular formula is C11H26ClN3. The molecule has 4 heteroatoms. The standard InChI is InChI=1S/C11H25N3.ClH/c1-6-12-11(13(7-2)8-3)14(9-4)10-5;/h6-10H2,1-5H3;1H. The van der Waals surface area contributed by atoms with Crippen molar-refractivity contribution < 1.29 is 17.0 Å². The fourth-order valence-electron chi connectivity index (χ4n) is 1.63. The summed E-state index contributed by atoms with van der Waals surface area (Å²) in [5, 5.41) is 3.46. The van der Waals surface area contributed by atoms with Crippen LogP contribution < -0.4 is 17.7 Å². The molecule has 0 rings (SSSR count). The summed E-state index contributed by atoms with van der Waals surface area (Å²) >= 11 is 0. The van der Waals surface area contributed by atoms with E-state index in [-0.39, 0.29) is 12.4 Å². The number of halogens is 1. The minimum absolute atomic E-state index is 0. The molecular weight excluding hydrogens is 210 g/mol. The summed E-state index contributed by atoms with van der Waals surface area (Å²) in [7, 11) is 0. The van der Waals surface area contributed by atoms with E-state index in [1.165, 1.54) is 5.96 Å². The van der Waals surface area contributed by atoms with Crippen molar-refractivity contribution >= 4 is 5.96 Å². The molecule has 0 aliphatic heterocycles. The molecule has 0 saturated carbocycles. The number of rotatable bonds is 5. The topological polar surface area (TPSA) is 18.3 Å². The van der Waals surface area contributed by atoms with E-state index in [4.69, 9.17) is 0 Å². The summed E-state index contributed by atoms with van der Waals surface area (Å²) < 4.78 is 2.37. The Balaban J connectivity index is 0. The van der Waals surface area contributed by atoms with Crippen molar-refractivity contribution in [3.8, 4) is 0 Å². The van der Waals surface area contributed by atoms with Gasteiger partial charge in [-0.2, -0.15) is 0 Å². The van der Waals surface area contributed by atoms with Crippen LogP contribution in [0.3, 0.4) is 0 Å². The predicted octanol–water partition coefficient (Wildman–Crippen LogP) is -1.65. The first-order chi connectivity index (χ1) is 6.74. The number of guanidine groups is 1. The van der Waals surface area contributed by atoms with Gasteiger partial charge >= 0.3 is 5.96 Å². The molecule has 0 aliphatic carbocycles. The normalized spacial score (nSPS) is 9.13. The Kier molecular flexibility index (Phi) is 11.4. The molecule has 0 heterocycles. The van der Waals surface area contributed by atoms with Gasteiger partial charge in [-0.25, -0.2) is 0 Å². The molecule has 0 unspecified atom stereocenters. The highest BCUT2D eigenvalue weighted by molar-refractivity contribution is 5.74. The van der Waals surface area contributed by atoms with E-state index < -0.39 is 0 Å². The molecule has 0 aromatic heterocycles. The van der Waals surface area contributed by atoms with Gasteiger partial charge < -0.3 is 12.4 Å². The van der Waals surface area contributed by atoms with Crippen molar-refractivity contribution in [2.75, 3.05) is 32.7 Å². The third-order valence-corrected chi connectivity index (χ3v) is 2.46. The summed E-state index contributed by atoms with van der Waals surface area (Å²) in [6.07, 6.45) is 0. The largest absolute Gasteiger partial charge is 1.00 e. The zero-order valence-electron chi connectivity index (χ0n) is 10.8. The van der Waals surface area contributed by atoms with Crippen LogP contribution >= 0.6 is 0 Å². The second-order valence-electron chi connectivity index (χ2n) is 3.20. The van der Waals surface area contributed by atoms with Crippen molar-refractivity contribution in [1.29, 1.82) is 0 Å². The highest BCUT2D eigenvalue weighted by Gasteiger charge is 2.16. The molecule has 0 saturated heterocycles. The highest BCUT2D eigenvalue weighted by Crippen LogP contribution is 1.90. The van der Waals surface area contributed by atoms with Crippen LogP contribution in [0.4, 0.5) is 0 Å². The van der Waals surface area contributed by atoms with Crippen molar-refractivity contribution in [1.82, 2.24) is 10.2 Å². The quantitative estimate of drug-likeness (QED) is 0.350. The maximum atomic E-state index is 3.46. The van der Waals surface area contributed by atoms with Crippen LogP contribution in [0, 0.1) is 0 Å². The summed E-state index contributed by atoms with van der Waals surface area (Å²) in [4.78, 5) is 2.37. The van der Waals surface area contributed by atoms with E-state index in [0.717, 1.165) is 32.7 Å². The molecule has 0 amide bonds. The Hall–Kier alpha value is -0.440. The van der Waals surface area contributed by atoms with E-state index in [1.807, 2.05) is 0 Å². The summed E-state index contributed by atoms with van der Waals surface area (Å²) in [5.41, 5.74) is 0. The lowest BCUT2D eigenvalue weighted by Gasteiger charge is -2.20. The van der Waals surface area contributed by atoms with Gasteiger partial charge in [0, 0.05) is 0 Å². The molecule has 0 spiro atoms. The monoisotopic (exact) mass is 235 g/mol. The molecule has 0 radical (unpaired) electrons. The Bertz CT molecular complexity index is 171. The molecule has 15 heavy (non-hydrogen) atoms. The van der Waals surface area contributed by atoms with Crippen LogP contribution in [0.15, 0.2) is 0 Å². The average molecular weight is 236 g/mol. The molecule has 0 aromatic carbocycles. The molecule has 1 N–H and O–H groups in total. The van der Waals surface area contributed by atoms with Gasteiger partial charge in [0.15, 0.2) is 0 Å². The smallest absolute Gasteiger partial charge is 0.348 e. The van der Waals surface area contributed by atoms with E-state index in [1.54, 1.807) is 0 Å². The first-order valence-corrected chi connectivity index (χ1v) is 5.85. The SMILES string of the molecule is CCNC(N(CC)CC)=[N+](CC)CC.[Cl-]. The number of nitrogens with one attached hydrogen (secondary N) is 1. The minimum atomic E-state index is 0. The molecule has 0 aliphatic rings. The third kappa shape index (κ3) is 5.26. The van der Waals surface area contributed by atoms with Crippen molar-refractivity contribution in [2.24, 2.45) is 0 Å². The van der Waals surface area contributed by atoms with Gasteiger partial charge in [-0.15, -0.1) is 0 Å². The Morgan fingerprint density at radius 2 is 1.47 bits per heavy atom. The zero-order chi connectivity index (χ0) is 11.0. The fourth-order valence-corrected chi connectivity index (χ4v) is 1.63. The van der Waals surface area contributed by atoms with Gasteiger partial charge in [0.1, 0.15) is 0 Å². The van der Waals surface area contributed by atoms with Crippen LogP contribution in [0.25, 0.3) is 0 Å². The Labute approximate surface area is 101 Å². The Morgan fingerprint density at radius 3 is 1.73 bits per heavy atom. The average Bonchev–Trinajstić information content (AvgIpc) is 2.21. The fraction of sp³-hybridized carbons (Fsp3) is 0.909. The number of hydrogen-bond donors (Lipinski definition) is 1. The van der Waals surface area contributed by atoms with Crippen LogP contribution in [0.5, 0.6) is 0 Å². The third-order valence-electron chi connectivity index (χ3n) is 2.46. The minimum Gasteiger partial charge on any atom is -1.00 e. The lowest BCUT2D eigenvalue weighted by molar-refractivity contribution is -0.527. The van der Waals surface area contributed by atoms with Gasteiger partial charge in [0.2, 0.25) is 0 Å². The lowest BCUT2D eigenvalue weighted by atomic mass is 10.5. The van der Waals surface area contributed by atoms with E-state index in [9.17, 15) is 0 Å². The number of nitrogens with zero attached hydrogens (tertiary/aromatic N) is 2. The second kappa shape index (κ2) is 10.1. The van der Waals surface area contributed by atoms with E-state index in [2.05, 4.69) is 49.4 Å². The van der Waals surface area contributed by atoms with Gasteiger partial charge in [0.25, 0.3) is 0 Å². The van der Waals surface area contributed by atoms with Crippen LogP contribution in [-0.2, 0) is 0 Å². The second-order valence-corrected chi connectivity index (χ2v) is 3.20. The molecule has 0 atom stereocenters. The summed E-state index contributed by atoms with van der Waals surface area (Å²) in [5.74, 6) is 1.28. The first-order valence-electron chi connectivity index (χ1n) is 5.85.